The second kappa shape index (κ2) is 4.01. The van der Waals surface area contributed by atoms with Gasteiger partial charge in [0.05, 0.1) is 6.10 Å². The van der Waals surface area contributed by atoms with Crippen molar-refractivity contribution in [2.45, 2.75) is 31.0 Å². The standard InChI is InChI=1S/C7H12O6/c1-12-7-5(9)3(8)2-4(13-7)6(10)11/h3-5,7-9H,2H2,1H3,(H,10,11)/t3-,4-,5+,7+/m0/s1. The molecule has 1 fully saturated rings. The first-order valence-corrected chi connectivity index (χ1v) is 3.83. The normalized spacial score (nSPS) is 40.2. The molecule has 1 heterocycles. The molecule has 0 saturated carbocycles. The summed E-state index contributed by atoms with van der Waals surface area (Å²) in [6, 6.07) is 0. The third kappa shape index (κ3) is 2.16. The zero-order chi connectivity index (χ0) is 10.0. The van der Waals surface area contributed by atoms with Crippen LogP contribution in [0.5, 0.6) is 0 Å². The summed E-state index contributed by atoms with van der Waals surface area (Å²) in [5.74, 6) is -1.17. The predicted molar refractivity (Wildman–Crippen MR) is 39.9 cm³/mol. The second-order valence-electron chi connectivity index (χ2n) is 2.86. The molecule has 6 nitrogen and oxygen atoms in total. The molecule has 76 valence electrons. The lowest BCUT2D eigenvalue weighted by Crippen LogP contribution is -2.51. The number of aliphatic hydroxyl groups excluding tert-OH is 2. The van der Waals surface area contributed by atoms with Crippen molar-refractivity contribution in [1.82, 2.24) is 0 Å². The number of hydrogen-bond acceptors (Lipinski definition) is 5. The van der Waals surface area contributed by atoms with Crippen molar-refractivity contribution in [3.63, 3.8) is 0 Å². The minimum atomic E-state index is -1.19. The Morgan fingerprint density at radius 3 is 2.62 bits per heavy atom. The highest BCUT2D eigenvalue weighted by atomic mass is 16.7. The Labute approximate surface area is 74.7 Å². The summed E-state index contributed by atoms with van der Waals surface area (Å²) in [6.45, 7) is 0. The molecule has 0 aromatic carbocycles. The van der Waals surface area contributed by atoms with E-state index in [-0.39, 0.29) is 6.42 Å². The van der Waals surface area contributed by atoms with Gasteiger partial charge < -0.3 is 24.8 Å². The van der Waals surface area contributed by atoms with Crippen LogP contribution in [-0.4, -0.2) is 53.0 Å². The molecule has 0 aliphatic carbocycles. The van der Waals surface area contributed by atoms with Gasteiger partial charge in [-0.3, -0.25) is 0 Å². The Bertz CT molecular complexity index is 193. The van der Waals surface area contributed by atoms with Gasteiger partial charge in [0, 0.05) is 13.5 Å². The molecule has 0 aromatic rings. The topological polar surface area (TPSA) is 96.2 Å². The number of ether oxygens (including phenoxy) is 2. The minimum absolute atomic E-state index is 0.129. The second-order valence-corrected chi connectivity index (χ2v) is 2.86. The zero-order valence-corrected chi connectivity index (χ0v) is 7.08. The van der Waals surface area contributed by atoms with Crippen molar-refractivity contribution in [2.75, 3.05) is 7.11 Å². The van der Waals surface area contributed by atoms with Gasteiger partial charge in [0.25, 0.3) is 0 Å². The smallest absolute Gasteiger partial charge is 0.333 e. The van der Waals surface area contributed by atoms with Gasteiger partial charge in [-0.25, -0.2) is 4.79 Å². The Morgan fingerprint density at radius 2 is 2.15 bits per heavy atom. The fourth-order valence-electron chi connectivity index (χ4n) is 1.19. The third-order valence-corrected chi connectivity index (χ3v) is 1.93. The fourth-order valence-corrected chi connectivity index (χ4v) is 1.19. The van der Waals surface area contributed by atoms with Gasteiger partial charge in [-0.05, 0) is 0 Å². The highest BCUT2D eigenvalue weighted by Gasteiger charge is 2.39. The van der Waals surface area contributed by atoms with Crippen molar-refractivity contribution in [2.24, 2.45) is 0 Å². The molecule has 1 aliphatic rings. The van der Waals surface area contributed by atoms with Crippen LogP contribution < -0.4 is 0 Å². The quantitative estimate of drug-likeness (QED) is 0.495. The van der Waals surface area contributed by atoms with Crippen molar-refractivity contribution < 1.29 is 29.6 Å². The van der Waals surface area contributed by atoms with Gasteiger partial charge in [0.15, 0.2) is 12.4 Å². The number of aliphatic carboxylic acids is 1. The molecular formula is C7H12O6. The molecule has 1 aliphatic heterocycles. The van der Waals surface area contributed by atoms with Crippen LogP contribution in [0.3, 0.4) is 0 Å². The van der Waals surface area contributed by atoms with Crippen LogP contribution >= 0.6 is 0 Å². The van der Waals surface area contributed by atoms with E-state index in [0.29, 0.717) is 0 Å². The average Bonchev–Trinajstić information content (AvgIpc) is 2.09. The van der Waals surface area contributed by atoms with Gasteiger partial charge in [-0.2, -0.15) is 0 Å². The largest absolute Gasteiger partial charge is 0.479 e. The minimum Gasteiger partial charge on any atom is -0.479 e. The number of aliphatic hydroxyl groups is 2. The number of carboxylic acid groups (broad SMARTS) is 1. The third-order valence-electron chi connectivity index (χ3n) is 1.93. The van der Waals surface area contributed by atoms with Crippen LogP contribution in [0.1, 0.15) is 6.42 Å². The molecule has 1 saturated heterocycles. The van der Waals surface area contributed by atoms with E-state index >= 15 is 0 Å². The van der Waals surface area contributed by atoms with Gasteiger partial charge in [-0.15, -0.1) is 0 Å². The maximum absolute atomic E-state index is 10.5. The Balaban J connectivity index is 2.63. The van der Waals surface area contributed by atoms with Crippen LogP contribution in [0.2, 0.25) is 0 Å². The predicted octanol–water partition coefficient (Wildman–Crippen LogP) is -1.45. The number of methoxy groups -OCH3 is 1. The molecule has 0 radical (unpaired) electrons. The molecule has 3 N–H and O–H groups in total. The van der Waals surface area contributed by atoms with E-state index in [1.807, 2.05) is 0 Å². The van der Waals surface area contributed by atoms with Gasteiger partial charge in [-0.1, -0.05) is 0 Å². The summed E-state index contributed by atoms with van der Waals surface area (Å²) in [4.78, 5) is 10.5. The van der Waals surface area contributed by atoms with E-state index in [1.54, 1.807) is 0 Å². The zero-order valence-electron chi connectivity index (χ0n) is 7.08. The van der Waals surface area contributed by atoms with Crippen LogP contribution in [0.15, 0.2) is 0 Å². The Morgan fingerprint density at radius 1 is 1.54 bits per heavy atom. The van der Waals surface area contributed by atoms with Gasteiger partial charge >= 0.3 is 5.97 Å². The molecule has 13 heavy (non-hydrogen) atoms. The maximum atomic E-state index is 10.5. The van der Waals surface area contributed by atoms with Gasteiger partial charge in [0.2, 0.25) is 0 Å². The molecule has 0 aromatic heterocycles. The molecule has 4 atom stereocenters. The van der Waals surface area contributed by atoms with E-state index in [9.17, 15) is 15.0 Å². The van der Waals surface area contributed by atoms with Crippen LogP contribution in [-0.2, 0) is 14.3 Å². The lowest BCUT2D eigenvalue weighted by atomic mass is 10.0. The van der Waals surface area contributed by atoms with E-state index in [0.717, 1.165) is 0 Å². The number of carbonyl (C=O) groups is 1. The van der Waals surface area contributed by atoms with E-state index in [2.05, 4.69) is 4.74 Å². The first kappa shape index (κ1) is 10.4. The summed E-state index contributed by atoms with van der Waals surface area (Å²) in [5.41, 5.74) is 0. The first-order valence-electron chi connectivity index (χ1n) is 3.83. The van der Waals surface area contributed by atoms with E-state index < -0.39 is 30.6 Å². The van der Waals surface area contributed by atoms with Crippen LogP contribution in [0, 0.1) is 0 Å². The first-order chi connectivity index (χ1) is 6.06. The van der Waals surface area contributed by atoms with Crippen LogP contribution in [0.4, 0.5) is 0 Å². The lowest BCUT2D eigenvalue weighted by molar-refractivity contribution is -0.258. The van der Waals surface area contributed by atoms with Crippen molar-refractivity contribution in [3.8, 4) is 0 Å². The van der Waals surface area contributed by atoms with Crippen molar-refractivity contribution in [1.29, 1.82) is 0 Å². The summed E-state index contributed by atoms with van der Waals surface area (Å²) in [7, 11) is 1.27. The molecule has 0 spiro atoms. The van der Waals surface area contributed by atoms with Gasteiger partial charge in [0.1, 0.15) is 6.10 Å². The molecule has 0 unspecified atom stereocenters. The van der Waals surface area contributed by atoms with Crippen molar-refractivity contribution >= 4 is 5.97 Å². The average molecular weight is 192 g/mol. The Kier molecular flexibility index (Phi) is 3.21. The molecule has 1 rings (SSSR count). The summed E-state index contributed by atoms with van der Waals surface area (Å²) in [5, 5.41) is 27.1. The number of hydrogen-bond donors (Lipinski definition) is 3. The Hall–Kier alpha value is -0.690. The number of carboxylic acids is 1. The van der Waals surface area contributed by atoms with E-state index in [4.69, 9.17) is 9.84 Å². The highest BCUT2D eigenvalue weighted by molar-refractivity contribution is 5.72. The molecule has 0 amide bonds. The maximum Gasteiger partial charge on any atom is 0.333 e. The monoisotopic (exact) mass is 192 g/mol. The summed E-state index contributed by atoms with van der Waals surface area (Å²) >= 11 is 0. The SMILES string of the molecule is CO[C@@H]1O[C@H](C(=O)O)C[C@H](O)[C@H]1O. The van der Waals surface area contributed by atoms with Crippen LogP contribution in [0.25, 0.3) is 0 Å². The summed E-state index contributed by atoms with van der Waals surface area (Å²) < 4.78 is 9.51. The molecule has 6 heteroatoms. The molecule has 0 bridgehead atoms. The van der Waals surface area contributed by atoms with Crippen molar-refractivity contribution in [3.05, 3.63) is 0 Å². The molecular weight excluding hydrogens is 180 g/mol. The highest BCUT2D eigenvalue weighted by Crippen LogP contribution is 2.20. The summed E-state index contributed by atoms with van der Waals surface area (Å²) in [6.07, 6.45) is -4.65. The number of rotatable bonds is 2. The van der Waals surface area contributed by atoms with E-state index in [1.165, 1.54) is 7.11 Å². The lowest BCUT2D eigenvalue weighted by Gasteiger charge is -2.34. The fraction of sp³-hybridized carbons (Fsp3) is 0.857.